The third-order valence-corrected chi connectivity index (χ3v) is 3.22. The Bertz CT molecular complexity index is 461. The maximum absolute atomic E-state index is 12.0. The molecule has 21 heavy (non-hydrogen) atoms. The summed E-state index contributed by atoms with van der Waals surface area (Å²) in [6.07, 6.45) is 1.37. The highest BCUT2D eigenvalue weighted by Crippen LogP contribution is 2.19. The summed E-state index contributed by atoms with van der Waals surface area (Å²) < 4.78 is 10.9. The molecule has 0 aromatic heterocycles. The van der Waals surface area contributed by atoms with Gasteiger partial charge in [0.1, 0.15) is 17.6 Å². The normalized spacial score (nSPS) is 14.9. The number of carbonyl (C=O) groups is 1. The van der Waals surface area contributed by atoms with Gasteiger partial charge in [0.15, 0.2) is 0 Å². The molecule has 0 aliphatic rings. The molecule has 1 aromatic carbocycles. The molecule has 0 spiro atoms. The number of rotatable bonds is 8. The second-order valence-electron chi connectivity index (χ2n) is 5.48. The van der Waals surface area contributed by atoms with Crippen LogP contribution >= 0.6 is 0 Å². The Morgan fingerprint density at radius 3 is 2.71 bits per heavy atom. The third-order valence-electron chi connectivity index (χ3n) is 3.22. The first-order valence-corrected chi connectivity index (χ1v) is 7.27. The highest BCUT2D eigenvalue weighted by Gasteiger charge is 2.27. The van der Waals surface area contributed by atoms with Crippen LogP contribution in [-0.2, 0) is 4.79 Å². The number of nitrogens with two attached hydrogens (primary N) is 1. The standard InChI is InChI=1S/C16H26N2O3/c1-5-9-16(3,17)15(19)18-11-12(2)21-14-8-6-7-13(10-14)20-4/h6-8,10,12H,5,9,11,17H2,1-4H3,(H,18,19). The van der Waals surface area contributed by atoms with Crippen molar-refractivity contribution in [2.75, 3.05) is 13.7 Å². The van der Waals surface area contributed by atoms with Crippen LogP contribution in [0.5, 0.6) is 11.5 Å². The monoisotopic (exact) mass is 294 g/mol. The van der Waals surface area contributed by atoms with Gasteiger partial charge in [-0.2, -0.15) is 0 Å². The summed E-state index contributed by atoms with van der Waals surface area (Å²) in [5.41, 5.74) is 5.15. The molecule has 0 bridgehead atoms. The van der Waals surface area contributed by atoms with Crippen LogP contribution < -0.4 is 20.5 Å². The van der Waals surface area contributed by atoms with Crippen LogP contribution in [0.1, 0.15) is 33.6 Å². The molecule has 0 saturated carbocycles. The van der Waals surface area contributed by atoms with Gasteiger partial charge in [-0.25, -0.2) is 0 Å². The lowest BCUT2D eigenvalue weighted by atomic mass is 9.96. The Balaban J connectivity index is 2.47. The molecule has 118 valence electrons. The van der Waals surface area contributed by atoms with Gasteiger partial charge in [-0.1, -0.05) is 19.4 Å². The predicted octanol–water partition coefficient (Wildman–Crippen LogP) is 2.10. The van der Waals surface area contributed by atoms with Gasteiger partial charge in [0.05, 0.1) is 19.2 Å². The van der Waals surface area contributed by atoms with Crippen LogP contribution in [0, 0.1) is 0 Å². The number of hydrogen-bond donors (Lipinski definition) is 2. The molecule has 0 saturated heterocycles. The average Bonchev–Trinajstić information content (AvgIpc) is 2.44. The van der Waals surface area contributed by atoms with Gasteiger partial charge < -0.3 is 20.5 Å². The van der Waals surface area contributed by atoms with Crippen molar-refractivity contribution in [1.82, 2.24) is 5.32 Å². The topological polar surface area (TPSA) is 73.6 Å². The number of hydrogen-bond acceptors (Lipinski definition) is 4. The lowest BCUT2D eigenvalue weighted by molar-refractivity contribution is -0.126. The molecule has 0 aliphatic carbocycles. The second kappa shape index (κ2) is 7.88. The fourth-order valence-corrected chi connectivity index (χ4v) is 2.02. The van der Waals surface area contributed by atoms with Crippen molar-refractivity contribution in [3.05, 3.63) is 24.3 Å². The Kier molecular flexibility index (Phi) is 6.49. The molecule has 1 amide bonds. The fraction of sp³-hybridized carbons (Fsp3) is 0.562. The third kappa shape index (κ3) is 5.63. The number of methoxy groups -OCH3 is 1. The first-order valence-electron chi connectivity index (χ1n) is 7.27. The summed E-state index contributed by atoms with van der Waals surface area (Å²) >= 11 is 0. The molecular formula is C16H26N2O3. The Morgan fingerprint density at radius 2 is 2.10 bits per heavy atom. The number of nitrogens with one attached hydrogen (secondary N) is 1. The molecule has 1 rings (SSSR count). The minimum absolute atomic E-state index is 0.148. The summed E-state index contributed by atoms with van der Waals surface area (Å²) in [4.78, 5) is 12.0. The minimum atomic E-state index is -0.829. The molecule has 0 fully saturated rings. The van der Waals surface area contributed by atoms with Gasteiger partial charge in [0.2, 0.25) is 5.91 Å². The summed E-state index contributed by atoms with van der Waals surface area (Å²) in [7, 11) is 1.61. The van der Waals surface area contributed by atoms with Crippen LogP contribution in [0.25, 0.3) is 0 Å². The van der Waals surface area contributed by atoms with Gasteiger partial charge in [-0.3, -0.25) is 4.79 Å². The summed E-state index contributed by atoms with van der Waals surface area (Å²) in [6.45, 7) is 6.06. The predicted molar refractivity (Wildman–Crippen MR) is 83.6 cm³/mol. The largest absolute Gasteiger partial charge is 0.497 e. The summed E-state index contributed by atoms with van der Waals surface area (Å²) in [6, 6.07) is 7.37. The van der Waals surface area contributed by atoms with Crippen LogP contribution in [0.15, 0.2) is 24.3 Å². The molecule has 2 unspecified atom stereocenters. The highest BCUT2D eigenvalue weighted by molar-refractivity contribution is 5.85. The van der Waals surface area contributed by atoms with Gasteiger partial charge in [-0.05, 0) is 32.4 Å². The van der Waals surface area contributed by atoms with E-state index in [2.05, 4.69) is 5.32 Å². The van der Waals surface area contributed by atoms with E-state index in [9.17, 15) is 4.79 Å². The van der Waals surface area contributed by atoms with Gasteiger partial charge in [0.25, 0.3) is 0 Å². The van der Waals surface area contributed by atoms with E-state index in [1.807, 2.05) is 38.1 Å². The molecule has 2 atom stereocenters. The Hall–Kier alpha value is -1.75. The van der Waals surface area contributed by atoms with E-state index >= 15 is 0 Å². The fourth-order valence-electron chi connectivity index (χ4n) is 2.02. The second-order valence-corrected chi connectivity index (χ2v) is 5.48. The highest BCUT2D eigenvalue weighted by atomic mass is 16.5. The lowest BCUT2D eigenvalue weighted by Gasteiger charge is -2.24. The number of amides is 1. The summed E-state index contributed by atoms with van der Waals surface area (Å²) in [5, 5.41) is 2.84. The van der Waals surface area contributed by atoms with Crippen LogP contribution in [0.2, 0.25) is 0 Å². The maximum atomic E-state index is 12.0. The quantitative estimate of drug-likeness (QED) is 0.770. The smallest absolute Gasteiger partial charge is 0.239 e. The zero-order chi connectivity index (χ0) is 15.9. The van der Waals surface area contributed by atoms with Gasteiger partial charge in [-0.15, -0.1) is 0 Å². The van der Waals surface area contributed by atoms with Crippen molar-refractivity contribution < 1.29 is 14.3 Å². The average molecular weight is 294 g/mol. The Morgan fingerprint density at radius 1 is 1.43 bits per heavy atom. The van der Waals surface area contributed by atoms with Crippen LogP contribution in [0.4, 0.5) is 0 Å². The van der Waals surface area contributed by atoms with Gasteiger partial charge >= 0.3 is 0 Å². The first kappa shape index (κ1) is 17.3. The van der Waals surface area contributed by atoms with E-state index in [1.54, 1.807) is 14.0 Å². The molecule has 3 N–H and O–H groups in total. The zero-order valence-electron chi connectivity index (χ0n) is 13.3. The number of ether oxygens (including phenoxy) is 2. The van der Waals surface area contributed by atoms with E-state index in [1.165, 1.54) is 0 Å². The van der Waals surface area contributed by atoms with Crippen molar-refractivity contribution >= 4 is 5.91 Å². The van der Waals surface area contributed by atoms with E-state index in [0.29, 0.717) is 18.7 Å². The van der Waals surface area contributed by atoms with Crippen LogP contribution in [0.3, 0.4) is 0 Å². The molecule has 0 radical (unpaired) electrons. The molecule has 1 aromatic rings. The van der Waals surface area contributed by atoms with Gasteiger partial charge in [0, 0.05) is 6.07 Å². The molecule has 0 aliphatic heterocycles. The van der Waals surface area contributed by atoms with E-state index in [-0.39, 0.29) is 12.0 Å². The number of benzene rings is 1. The maximum Gasteiger partial charge on any atom is 0.239 e. The Labute approximate surface area is 126 Å². The molecule has 0 heterocycles. The van der Waals surface area contributed by atoms with Crippen molar-refractivity contribution in [3.63, 3.8) is 0 Å². The van der Waals surface area contributed by atoms with Crippen LogP contribution in [-0.4, -0.2) is 31.2 Å². The number of carbonyl (C=O) groups excluding carboxylic acids is 1. The molecular weight excluding hydrogens is 268 g/mol. The van der Waals surface area contributed by atoms with Crippen molar-refractivity contribution in [1.29, 1.82) is 0 Å². The van der Waals surface area contributed by atoms with Crippen molar-refractivity contribution in [2.45, 2.75) is 45.3 Å². The van der Waals surface area contributed by atoms with Crippen molar-refractivity contribution in [3.8, 4) is 11.5 Å². The molecule has 5 heteroatoms. The molecule has 5 nitrogen and oxygen atoms in total. The minimum Gasteiger partial charge on any atom is -0.497 e. The van der Waals surface area contributed by atoms with E-state index in [4.69, 9.17) is 15.2 Å². The SMILES string of the molecule is CCCC(C)(N)C(=O)NCC(C)Oc1cccc(OC)c1. The van der Waals surface area contributed by atoms with E-state index < -0.39 is 5.54 Å². The summed E-state index contributed by atoms with van der Waals surface area (Å²) in [5.74, 6) is 1.30. The first-order chi connectivity index (χ1) is 9.89. The lowest BCUT2D eigenvalue weighted by Crippen LogP contribution is -2.53. The van der Waals surface area contributed by atoms with E-state index in [0.717, 1.165) is 12.2 Å². The van der Waals surface area contributed by atoms with Crippen molar-refractivity contribution in [2.24, 2.45) is 5.73 Å². The zero-order valence-corrected chi connectivity index (χ0v) is 13.3.